The molecule has 0 unspecified atom stereocenters. The molecule has 0 atom stereocenters. The van der Waals surface area contributed by atoms with E-state index >= 15 is 0 Å². The third-order valence-electron chi connectivity index (χ3n) is 6.42. The maximum atomic E-state index is 13.3. The Morgan fingerprint density at radius 2 is 1.82 bits per heavy atom. The summed E-state index contributed by atoms with van der Waals surface area (Å²) in [6.07, 6.45) is 7.10. The average Bonchev–Trinajstić information content (AvgIpc) is 2.69. The van der Waals surface area contributed by atoms with E-state index in [9.17, 15) is 4.79 Å². The zero-order valence-corrected chi connectivity index (χ0v) is 17.7. The third-order valence-corrected chi connectivity index (χ3v) is 6.42. The topological polar surface area (TPSA) is 41.4 Å². The van der Waals surface area contributed by atoms with Gasteiger partial charge in [-0.25, -0.2) is 4.98 Å². The van der Waals surface area contributed by atoms with Crippen LogP contribution in [0.5, 0.6) is 0 Å². The van der Waals surface area contributed by atoms with Gasteiger partial charge in [-0.05, 0) is 51.7 Å². The lowest BCUT2D eigenvalue weighted by Crippen LogP contribution is -2.52. The summed E-state index contributed by atoms with van der Waals surface area (Å²) in [6.45, 7) is 9.73. The second kappa shape index (κ2) is 7.70. The van der Waals surface area contributed by atoms with Gasteiger partial charge in [0, 0.05) is 23.0 Å². The molecule has 1 aliphatic carbocycles. The number of hydrogen-bond donors (Lipinski definition) is 0. The van der Waals surface area contributed by atoms with E-state index in [1.807, 2.05) is 18.4 Å². The molecule has 0 bridgehead atoms. The number of aromatic nitrogens is 2. The summed E-state index contributed by atoms with van der Waals surface area (Å²) in [6, 6.07) is 7.09. The monoisotopic (exact) mass is 380 g/mol. The van der Waals surface area contributed by atoms with Crippen LogP contribution >= 0.6 is 0 Å². The first-order valence-electron chi connectivity index (χ1n) is 10.7. The highest BCUT2D eigenvalue weighted by molar-refractivity contribution is 5.63. The minimum Gasteiger partial charge on any atom is -0.298 e. The Morgan fingerprint density at radius 3 is 2.50 bits per heavy atom. The van der Waals surface area contributed by atoms with Crippen molar-refractivity contribution in [1.29, 1.82) is 0 Å². The smallest absolute Gasteiger partial charge is 0.259 e. The van der Waals surface area contributed by atoms with Crippen molar-refractivity contribution in [2.75, 3.05) is 11.6 Å². The summed E-state index contributed by atoms with van der Waals surface area (Å²) in [4.78, 5) is 22.9. The molecule has 150 valence electrons. The van der Waals surface area contributed by atoms with Gasteiger partial charge in [0.2, 0.25) is 5.95 Å². The third kappa shape index (κ3) is 3.37. The molecule has 2 aliphatic rings. The van der Waals surface area contributed by atoms with Crippen LogP contribution in [0.2, 0.25) is 0 Å². The normalized spacial score (nSPS) is 18.4. The molecule has 5 heteroatoms. The molecule has 4 rings (SSSR count). The van der Waals surface area contributed by atoms with E-state index in [1.54, 1.807) is 0 Å². The number of anilines is 2. The van der Waals surface area contributed by atoms with Crippen molar-refractivity contribution < 1.29 is 0 Å². The number of rotatable bonds is 3. The molecule has 0 N–H and O–H groups in total. The minimum atomic E-state index is 0.125. The van der Waals surface area contributed by atoms with Crippen molar-refractivity contribution in [3.8, 4) is 0 Å². The van der Waals surface area contributed by atoms with Crippen LogP contribution < -0.4 is 10.5 Å². The Kier molecular flexibility index (Phi) is 5.28. The summed E-state index contributed by atoms with van der Waals surface area (Å²) >= 11 is 0. The maximum absolute atomic E-state index is 13.3. The van der Waals surface area contributed by atoms with Crippen molar-refractivity contribution in [2.45, 2.75) is 78.9 Å². The summed E-state index contributed by atoms with van der Waals surface area (Å²) < 4.78 is 1.91. The number of nitrogens with zero attached hydrogens (tertiary/aromatic N) is 4. The molecular formula is C23H32N4O. The molecule has 0 amide bonds. The van der Waals surface area contributed by atoms with Crippen molar-refractivity contribution in [3.63, 3.8) is 0 Å². The standard InChI is InChI=1S/C23H32N4O/c1-5-20-18(4)24-23-26(21-12-11-16(2)13-17(21)3)14-25(15-27(23)22(20)28)19-9-7-6-8-10-19/h11-13,19H,5-10,14-15H2,1-4H3. The predicted molar refractivity (Wildman–Crippen MR) is 114 cm³/mol. The Balaban J connectivity index is 1.84. The van der Waals surface area contributed by atoms with Crippen LogP contribution in [0.3, 0.4) is 0 Å². The van der Waals surface area contributed by atoms with E-state index in [0.717, 1.165) is 36.0 Å². The highest BCUT2D eigenvalue weighted by atomic mass is 16.1. The molecule has 1 aliphatic heterocycles. The molecule has 0 spiro atoms. The van der Waals surface area contributed by atoms with Crippen molar-refractivity contribution in [3.05, 3.63) is 50.9 Å². The molecule has 1 aromatic carbocycles. The number of aryl methyl sites for hydroxylation is 3. The Hall–Kier alpha value is -2.14. The fraction of sp³-hybridized carbons (Fsp3) is 0.565. The maximum Gasteiger partial charge on any atom is 0.259 e. The Bertz CT molecular complexity index is 927. The number of fused-ring (bicyclic) bond motifs is 1. The van der Waals surface area contributed by atoms with Gasteiger partial charge in [-0.3, -0.25) is 19.2 Å². The summed E-state index contributed by atoms with van der Waals surface area (Å²) in [5, 5.41) is 0. The van der Waals surface area contributed by atoms with Gasteiger partial charge in [-0.15, -0.1) is 0 Å². The van der Waals surface area contributed by atoms with Crippen LogP contribution in [0, 0.1) is 20.8 Å². The Morgan fingerprint density at radius 1 is 1.07 bits per heavy atom. The number of benzene rings is 1. The first kappa shape index (κ1) is 19.2. The van der Waals surface area contributed by atoms with Gasteiger partial charge in [0.25, 0.3) is 5.56 Å². The van der Waals surface area contributed by atoms with Gasteiger partial charge < -0.3 is 0 Å². The first-order chi connectivity index (χ1) is 13.5. The van der Waals surface area contributed by atoms with Gasteiger partial charge in [0.05, 0.1) is 13.3 Å². The largest absolute Gasteiger partial charge is 0.298 e. The molecule has 5 nitrogen and oxygen atoms in total. The summed E-state index contributed by atoms with van der Waals surface area (Å²) in [7, 11) is 0. The molecule has 28 heavy (non-hydrogen) atoms. The lowest BCUT2D eigenvalue weighted by Gasteiger charge is -2.43. The zero-order chi connectivity index (χ0) is 19.8. The summed E-state index contributed by atoms with van der Waals surface area (Å²) in [5.41, 5.74) is 5.46. The summed E-state index contributed by atoms with van der Waals surface area (Å²) in [5.74, 6) is 0.790. The zero-order valence-electron chi connectivity index (χ0n) is 17.7. The van der Waals surface area contributed by atoms with Crippen molar-refractivity contribution in [2.24, 2.45) is 0 Å². The number of hydrogen-bond acceptors (Lipinski definition) is 4. The second-order valence-corrected chi connectivity index (χ2v) is 8.44. The lowest BCUT2D eigenvalue weighted by atomic mass is 9.94. The van der Waals surface area contributed by atoms with Gasteiger partial charge in [-0.2, -0.15) is 0 Å². The van der Waals surface area contributed by atoms with Crippen LogP contribution in [-0.2, 0) is 13.1 Å². The van der Waals surface area contributed by atoms with Gasteiger partial charge >= 0.3 is 0 Å². The van der Waals surface area contributed by atoms with Gasteiger partial charge in [0.15, 0.2) is 0 Å². The highest BCUT2D eigenvalue weighted by Crippen LogP contribution is 2.33. The fourth-order valence-electron chi connectivity index (χ4n) is 4.87. The first-order valence-corrected chi connectivity index (χ1v) is 10.7. The molecule has 1 saturated carbocycles. The molecular weight excluding hydrogens is 348 g/mol. The lowest BCUT2D eigenvalue weighted by molar-refractivity contribution is 0.107. The molecule has 2 aromatic rings. The van der Waals surface area contributed by atoms with Crippen LogP contribution in [0.15, 0.2) is 23.0 Å². The van der Waals surface area contributed by atoms with E-state index in [-0.39, 0.29) is 5.56 Å². The van der Waals surface area contributed by atoms with Gasteiger partial charge in [0.1, 0.15) is 0 Å². The van der Waals surface area contributed by atoms with Gasteiger partial charge in [-0.1, -0.05) is 43.9 Å². The van der Waals surface area contributed by atoms with E-state index < -0.39 is 0 Å². The van der Waals surface area contributed by atoms with Crippen molar-refractivity contribution in [1.82, 2.24) is 14.5 Å². The average molecular weight is 381 g/mol. The van der Waals surface area contributed by atoms with Crippen LogP contribution in [0.25, 0.3) is 0 Å². The van der Waals surface area contributed by atoms with E-state index in [2.05, 4.69) is 41.8 Å². The quantitative estimate of drug-likeness (QED) is 0.790. The van der Waals surface area contributed by atoms with E-state index in [1.165, 1.54) is 43.2 Å². The van der Waals surface area contributed by atoms with E-state index in [4.69, 9.17) is 4.98 Å². The van der Waals surface area contributed by atoms with E-state index in [0.29, 0.717) is 12.7 Å². The molecule has 2 heterocycles. The minimum absolute atomic E-state index is 0.125. The highest BCUT2D eigenvalue weighted by Gasteiger charge is 2.32. The van der Waals surface area contributed by atoms with Crippen molar-refractivity contribution >= 4 is 11.6 Å². The molecule has 1 fully saturated rings. The molecule has 0 radical (unpaired) electrons. The molecule has 0 saturated heterocycles. The second-order valence-electron chi connectivity index (χ2n) is 8.44. The van der Waals surface area contributed by atoms with Crippen LogP contribution in [0.4, 0.5) is 11.6 Å². The van der Waals surface area contributed by atoms with Crippen LogP contribution in [-0.4, -0.2) is 27.2 Å². The SMILES string of the molecule is CCc1c(C)nc2n(c1=O)CN(C1CCCCC1)CN2c1ccc(C)cc1C. The molecule has 1 aromatic heterocycles. The Labute approximate surface area is 168 Å². The van der Waals surface area contributed by atoms with Crippen LogP contribution in [0.1, 0.15) is 61.4 Å². The predicted octanol–water partition coefficient (Wildman–Crippen LogP) is 4.43. The fourth-order valence-corrected chi connectivity index (χ4v) is 4.87.